The van der Waals surface area contributed by atoms with Gasteiger partial charge in [-0.1, -0.05) is 18.2 Å². The van der Waals surface area contributed by atoms with Gasteiger partial charge in [0.15, 0.2) is 0 Å². The van der Waals surface area contributed by atoms with Gasteiger partial charge in [0.2, 0.25) is 5.91 Å². The number of nitrogens with zero attached hydrogens (tertiary/aromatic N) is 1. The van der Waals surface area contributed by atoms with Crippen LogP contribution < -0.4 is 10.1 Å². The van der Waals surface area contributed by atoms with Gasteiger partial charge in [-0.05, 0) is 50.1 Å². The van der Waals surface area contributed by atoms with Crippen LogP contribution in [0.15, 0.2) is 59.2 Å². The van der Waals surface area contributed by atoms with Crippen LogP contribution >= 0.6 is 0 Å². The molecule has 0 atom stereocenters. The van der Waals surface area contributed by atoms with E-state index in [1.807, 2.05) is 63.2 Å². The summed E-state index contributed by atoms with van der Waals surface area (Å²) in [5.74, 6) is 1.32. The van der Waals surface area contributed by atoms with Crippen LogP contribution in [0, 0.1) is 13.8 Å². The van der Waals surface area contributed by atoms with Crippen LogP contribution in [0.25, 0.3) is 27.4 Å². The van der Waals surface area contributed by atoms with Gasteiger partial charge in [-0.25, -0.2) is 0 Å². The van der Waals surface area contributed by atoms with Crippen LogP contribution in [0.5, 0.6) is 5.75 Å². The molecular weight excluding hydrogens is 364 g/mol. The average molecular weight is 386 g/mol. The molecule has 1 N–H and O–H groups in total. The zero-order chi connectivity index (χ0) is 20.5. The molecule has 0 aliphatic carbocycles. The normalized spacial score (nSPS) is 11.8. The molecule has 5 nitrogen and oxygen atoms in total. The number of hydrogen-bond donors (Lipinski definition) is 1. The van der Waals surface area contributed by atoms with Gasteiger partial charge in [0, 0.05) is 34.7 Å². The van der Waals surface area contributed by atoms with E-state index in [0.717, 1.165) is 44.3 Å². The van der Waals surface area contributed by atoms with Gasteiger partial charge in [-0.15, -0.1) is 0 Å². The molecule has 0 aliphatic heterocycles. The van der Waals surface area contributed by atoms with Crippen LogP contribution in [0.1, 0.15) is 23.8 Å². The molecule has 0 saturated carbocycles. The number of anilines is 1. The van der Waals surface area contributed by atoms with E-state index < -0.39 is 0 Å². The second kappa shape index (κ2) is 7.43. The van der Waals surface area contributed by atoms with Crippen LogP contribution in [-0.4, -0.2) is 18.0 Å². The molecule has 0 aliphatic rings. The molecule has 0 bridgehead atoms. The second-order valence-electron chi connectivity index (χ2n) is 7.03. The largest absolute Gasteiger partial charge is 0.496 e. The molecular formula is C24H22N2O3. The highest BCUT2D eigenvalue weighted by molar-refractivity contribution is 6.08. The number of pyridine rings is 1. The Hall–Kier alpha value is -3.60. The lowest BCUT2D eigenvalue weighted by Crippen LogP contribution is -2.09. The molecule has 2 heterocycles. The van der Waals surface area contributed by atoms with Crippen molar-refractivity contribution >= 4 is 39.0 Å². The van der Waals surface area contributed by atoms with E-state index in [2.05, 4.69) is 10.3 Å². The Balaban J connectivity index is 1.69. The minimum absolute atomic E-state index is 0.220. The molecule has 4 rings (SSSR count). The lowest BCUT2D eigenvalue weighted by atomic mass is 10.0. The summed E-state index contributed by atoms with van der Waals surface area (Å²) in [4.78, 5) is 17.1. The molecule has 1 amide bonds. The van der Waals surface area contributed by atoms with Gasteiger partial charge >= 0.3 is 0 Å². The van der Waals surface area contributed by atoms with Crippen LogP contribution in [0.3, 0.4) is 0 Å². The minimum atomic E-state index is -0.220. The molecule has 2 aromatic heterocycles. The van der Waals surface area contributed by atoms with E-state index in [4.69, 9.17) is 9.15 Å². The number of aromatic nitrogens is 1. The maximum absolute atomic E-state index is 12.7. The predicted octanol–water partition coefficient (Wildman–Crippen LogP) is 5.65. The van der Waals surface area contributed by atoms with Crippen molar-refractivity contribution in [3.05, 3.63) is 71.6 Å². The lowest BCUT2D eigenvalue weighted by molar-refractivity contribution is -0.111. The number of carbonyl (C=O) groups is 1. The van der Waals surface area contributed by atoms with E-state index in [1.165, 1.54) is 0 Å². The van der Waals surface area contributed by atoms with Crippen LogP contribution in [-0.2, 0) is 4.79 Å². The number of aryl methyl sites for hydroxylation is 2. The molecule has 2 aromatic carbocycles. The monoisotopic (exact) mass is 386 g/mol. The molecule has 4 aromatic rings. The van der Waals surface area contributed by atoms with E-state index in [-0.39, 0.29) is 5.91 Å². The van der Waals surface area contributed by atoms with Crippen molar-refractivity contribution in [2.45, 2.75) is 20.8 Å². The fourth-order valence-corrected chi connectivity index (χ4v) is 3.50. The van der Waals surface area contributed by atoms with Gasteiger partial charge in [-0.2, -0.15) is 0 Å². The first kappa shape index (κ1) is 18.7. The number of fused-ring (bicyclic) bond motifs is 2. The Morgan fingerprint density at radius 3 is 2.76 bits per heavy atom. The second-order valence-corrected chi connectivity index (χ2v) is 7.03. The topological polar surface area (TPSA) is 64.4 Å². The molecule has 0 fully saturated rings. The highest BCUT2D eigenvalue weighted by atomic mass is 16.5. The molecule has 5 heteroatoms. The van der Waals surface area contributed by atoms with E-state index >= 15 is 0 Å². The lowest BCUT2D eigenvalue weighted by Gasteiger charge is -2.10. The number of allylic oxidation sites excluding steroid dienone is 1. The summed E-state index contributed by atoms with van der Waals surface area (Å²) in [6, 6.07) is 13.4. The van der Waals surface area contributed by atoms with Crippen molar-refractivity contribution in [3.63, 3.8) is 0 Å². The first-order valence-electron chi connectivity index (χ1n) is 9.39. The molecule has 29 heavy (non-hydrogen) atoms. The number of para-hydroxylation sites is 1. The Labute approximate surface area is 169 Å². The summed E-state index contributed by atoms with van der Waals surface area (Å²) in [6.45, 7) is 5.86. The summed E-state index contributed by atoms with van der Waals surface area (Å²) < 4.78 is 11.3. The Bertz CT molecular complexity index is 1260. The van der Waals surface area contributed by atoms with Crippen molar-refractivity contribution in [2.75, 3.05) is 12.4 Å². The van der Waals surface area contributed by atoms with Gasteiger partial charge in [0.25, 0.3) is 0 Å². The van der Waals surface area contributed by atoms with E-state index in [0.29, 0.717) is 11.4 Å². The number of nitrogens with one attached hydrogen (secondary N) is 1. The minimum Gasteiger partial charge on any atom is -0.496 e. The Kier molecular flexibility index (Phi) is 4.80. The fraction of sp³-hybridized carbons (Fsp3) is 0.167. The fourth-order valence-electron chi connectivity index (χ4n) is 3.50. The number of benzene rings is 2. The zero-order valence-electron chi connectivity index (χ0n) is 16.9. The number of amides is 1. The van der Waals surface area contributed by atoms with E-state index in [9.17, 15) is 4.79 Å². The highest BCUT2D eigenvalue weighted by Crippen LogP contribution is 2.34. The summed E-state index contributed by atoms with van der Waals surface area (Å²) in [7, 11) is 1.61. The smallest absolute Gasteiger partial charge is 0.248 e. The van der Waals surface area contributed by atoms with Crippen molar-refractivity contribution in [2.24, 2.45) is 0 Å². The average Bonchev–Trinajstić information content (AvgIpc) is 3.00. The van der Waals surface area contributed by atoms with Gasteiger partial charge in [0.05, 0.1) is 18.3 Å². The number of carbonyl (C=O) groups excluding carboxylic acids is 1. The maximum Gasteiger partial charge on any atom is 0.248 e. The van der Waals surface area contributed by atoms with Crippen molar-refractivity contribution in [1.29, 1.82) is 0 Å². The summed E-state index contributed by atoms with van der Waals surface area (Å²) in [5.41, 5.74) is 4.96. The molecule has 146 valence electrons. The summed E-state index contributed by atoms with van der Waals surface area (Å²) in [5, 5.41) is 4.93. The quantitative estimate of drug-likeness (QED) is 0.460. The summed E-state index contributed by atoms with van der Waals surface area (Å²) in [6.07, 6.45) is 3.29. The highest BCUT2D eigenvalue weighted by Gasteiger charge is 2.14. The van der Waals surface area contributed by atoms with Gasteiger partial charge < -0.3 is 14.5 Å². The van der Waals surface area contributed by atoms with Crippen molar-refractivity contribution < 1.29 is 13.9 Å². The Morgan fingerprint density at radius 1 is 1.17 bits per heavy atom. The van der Waals surface area contributed by atoms with Gasteiger partial charge in [0.1, 0.15) is 17.1 Å². The zero-order valence-corrected chi connectivity index (χ0v) is 16.9. The molecule has 0 unspecified atom stereocenters. The van der Waals surface area contributed by atoms with Crippen LogP contribution in [0.2, 0.25) is 0 Å². The third kappa shape index (κ3) is 3.47. The third-order valence-corrected chi connectivity index (χ3v) is 5.16. The van der Waals surface area contributed by atoms with E-state index in [1.54, 1.807) is 19.4 Å². The SMILES string of the molecule is COc1cc2oc(C)c(C)c2cc1/C(C)=C/C(=O)Nc1cccc2cccnc12. The predicted molar refractivity (Wildman–Crippen MR) is 116 cm³/mol. The molecule has 0 spiro atoms. The maximum atomic E-state index is 12.7. The number of ether oxygens (including phenoxy) is 1. The number of hydrogen-bond acceptors (Lipinski definition) is 4. The first-order chi connectivity index (χ1) is 14.0. The van der Waals surface area contributed by atoms with Gasteiger partial charge in [-0.3, -0.25) is 9.78 Å². The number of rotatable bonds is 4. The summed E-state index contributed by atoms with van der Waals surface area (Å²) >= 11 is 0. The Morgan fingerprint density at radius 2 is 1.97 bits per heavy atom. The van der Waals surface area contributed by atoms with Crippen LogP contribution in [0.4, 0.5) is 5.69 Å². The molecule has 0 saturated heterocycles. The first-order valence-corrected chi connectivity index (χ1v) is 9.39. The third-order valence-electron chi connectivity index (χ3n) is 5.16. The van der Waals surface area contributed by atoms with Crippen molar-refractivity contribution in [3.8, 4) is 5.75 Å². The molecule has 0 radical (unpaired) electrons. The number of furan rings is 1. The van der Waals surface area contributed by atoms with Crippen molar-refractivity contribution in [1.82, 2.24) is 4.98 Å². The number of methoxy groups -OCH3 is 1. The standard InChI is InChI=1S/C24H22N2O3/c1-14(18-12-19-15(2)16(3)29-22(19)13-21(18)28-4)11-23(27)26-20-9-5-7-17-8-6-10-25-24(17)20/h5-13H,1-4H3,(H,26,27)/b14-11+.